The van der Waals surface area contributed by atoms with E-state index in [0.717, 1.165) is 0 Å². The predicted molar refractivity (Wildman–Crippen MR) is 118 cm³/mol. The Labute approximate surface area is 151 Å². The number of fused-ring (bicyclic) bond motifs is 2. The van der Waals surface area contributed by atoms with E-state index in [0.29, 0.717) is 0 Å². The maximum absolute atomic E-state index is 2.24. The molecule has 0 bridgehead atoms. The fourth-order valence-corrected chi connectivity index (χ4v) is 1.88. The van der Waals surface area contributed by atoms with Crippen LogP contribution in [-0.2, 0) is 0 Å². The number of hydrogen-bond acceptors (Lipinski definition) is 0. The van der Waals surface area contributed by atoms with E-state index >= 15 is 0 Å². The molecule has 0 aliphatic rings. The van der Waals surface area contributed by atoms with Crippen LogP contribution >= 0.6 is 0 Å². The summed E-state index contributed by atoms with van der Waals surface area (Å²) < 4.78 is 0. The maximum Gasteiger partial charge on any atom is -0.0178 e. The van der Waals surface area contributed by atoms with Crippen LogP contribution < -0.4 is 0 Å². The minimum atomic E-state index is 1.31. The van der Waals surface area contributed by atoms with Crippen molar-refractivity contribution in [3.05, 3.63) is 60.7 Å². The summed E-state index contributed by atoms with van der Waals surface area (Å²) in [5, 5.41) is 5.25. The molecule has 0 heteroatoms. The van der Waals surface area contributed by atoms with Gasteiger partial charge in [0.15, 0.2) is 0 Å². The molecule has 0 fully saturated rings. The van der Waals surface area contributed by atoms with Crippen molar-refractivity contribution in [3.63, 3.8) is 0 Å². The number of rotatable bonds is 0. The van der Waals surface area contributed by atoms with Crippen LogP contribution in [0.3, 0.4) is 0 Å². The maximum atomic E-state index is 2.24. The summed E-state index contributed by atoms with van der Waals surface area (Å²) in [7, 11) is 0. The summed E-state index contributed by atoms with van der Waals surface area (Å²) in [5.74, 6) is 0. The minimum absolute atomic E-state index is 1.31. The molecule has 0 amide bonds. The molecule has 0 aliphatic heterocycles. The average Bonchev–Trinajstić information content (AvgIpc) is 2.74. The lowest BCUT2D eigenvalue weighted by atomic mass is 10.0. The molecule has 0 heterocycles. The summed E-state index contributed by atoms with van der Waals surface area (Å²) in [4.78, 5) is 0. The van der Waals surface area contributed by atoms with Gasteiger partial charge in [-0.05, 0) is 33.7 Å². The molecule has 0 N–H and O–H groups in total. The van der Waals surface area contributed by atoms with Crippen molar-refractivity contribution in [2.45, 2.75) is 69.2 Å². The quantitative estimate of drug-likeness (QED) is 0.361. The van der Waals surface area contributed by atoms with Gasteiger partial charge in [-0.25, -0.2) is 0 Å². The first kappa shape index (κ1) is 27.0. The highest BCUT2D eigenvalue weighted by Crippen LogP contribution is 2.21. The Morgan fingerprint density at radius 1 is 0.333 bits per heavy atom. The zero-order valence-corrected chi connectivity index (χ0v) is 17.8. The Morgan fingerprint density at radius 3 is 0.667 bits per heavy atom. The highest BCUT2D eigenvalue weighted by Gasteiger charge is 1.95. The van der Waals surface area contributed by atoms with Gasteiger partial charge in [0.1, 0.15) is 0 Å². The van der Waals surface area contributed by atoms with Crippen molar-refractivity contribution in [2.24, 2.45) is 0 Å². The van der Waals surface area contributed by atoms with Crippen LogP contribution in [-0.4, -0.2) is 0 Å². The van der Waals surface area contributed by atoms with E-state index in [-0.39, 0.29) is 0 Å². The molecular weight excluding hydrogens is 288 g/mol. The monoisotopic (exact) mass is 328 g/mol. The molecule has 3 aromatic rings. The fourth-order valence-electron chi connectivity index (χ4n) is 1.88. The van der Waals surface area contributed by atoms with Crippen LogP contribution in [0.25, 0.3) is 21.5 Å². The summed E-state index contributed by atoms with van der Waals surface area (Å²) in [6, 6.07) is 21.4. The van der Waals surface area contributed by atoms with Gasteiger partial charge >= 0.3 is 0 Å². The third-order valence-corrected chi connectivity index (χ3v) is 2.61. The van der Waals surface area contributed by atoms with Crippen molar-refractivity contribution < 1.29 is 0 Å². The molecule has 0 spiro atoms. The van der Waals surface area contributed by atoms with E-state index in [1.807, 2.05) is 69.2 Å². The van der Waals surface area contributed by atoms with E-state index in [9.17, 15) is 0 Å². The predicted octanol–water partition coefficient (Wildman–Crippen LogP) is 9.12. The van der Waals surface area contributed by atoms with Gasteiger partial charge in [-0.1, -0.05) is 118 Å². The van der Waals surface area contributed by atoms with Crippen LogP contribution in [0, 0.1) is 0 Å². The second kappa shape index (κ2) is 21.2. The van der Waals surface area contributed by atoms with Gasteiger partial charge in [0.05, 0.1) is 0 Å². The van der Waals surface area contributed by atoms with Crippen molar-refractivity contribution in [1.82, 2.24) is 0 Å². The molecule has 0 nitrogen and oxygen atoms in total. The molecule has 0 atom stereocenters. The van der Waals surface area contributed by atoms with Crippen LogP contribution in [0.4, 0.5) is 0 Å². The smallest absolute Gasteiger partial charge is 0.0178 e. The zero-order chi connectivity index (χ0) is 19.4. The Hall–Kier alpha value is -1.82. The molecule has 136 valence electrons. The van der Waals surface area contributed by atoms with E-state index in [4.69, 9.17) is 0 Å². The molecule has 0 unspecified atom stereocenters. The SMILES string of the molecule is CC.CC.CC.CC.CC.c1ccc2cc3ccccc3cc2c1. The summed E-state index contributed by atoms with van der Waals surface area (Å²) >= 11 is 0. The van der Waals surface area contributed by atoms with Gasteiger partial charge in [0, 0.05) is 0 Å². The molecule has 0 aromatic heterocycles. The van der Waals surface area contributed by atoms with Crippen LogP contribution in [0.1, 0.15) is 69.2 Å². The van der Waals surface area contributed by atoms with Crippen LogP contribution in [0.5, 0.6) is 0 Å². The van der Waals surface area contributed by atoms with Gasteiger partial charge < -0.3 is 0 Å². The van der Waals surface area contributed by atoms with E-state index in [1.54, 1.807) is 0 Å². The van der Waals surface area contributed by atoms with Crippen molar-refractivity contribution in [2.75, 3.05) is 0 Å². The Kier molecular flexibility index (Phi) is 23.9. The van der Waals surface area contributed by atoms with E-state index in [1.165, 1.54) is 21.5 Å². The first-order valence-corrected chi connectivity index (χ1v) is 9.81. The molecule has 3 aromatic carbocycles. The second-order valence-electron chi connectivity index (χ2n) is 3.55. The van der Waals surface area contributed by atoms with Crippen molar-refractivity contribution in [3.8, 4) is 0 Å². The lowest BCUT2D eigenvalue weighted by molar-refractivity contribution is 1.50. The second-order valence-corrected chi connectivity index (χ2v) is 3.55. The molecule has 3 rings (SSSR count). The Bertz CT molecular complexity index is 489. The van der Waals surface area contributed by atoms with E-state index < -0.39 is 0 Å². The summed E-state index contributed by atoms with van der Waals surface area (Å²) in [5.41, 5.74) is 0. The van der Waals surface area contributed by atoms with Gasteiger partial charge in [0.2, 0.25) is 0 Å². The van der Waals surface area contributed by atoms with Gasteiger partial charge in [-0.15, -0.1) is 0 Å². The number of benzene rings is 3. The molecular formula is C24H40. The minimum Gasteiger partial charge on any atom is -0.0683 e. The molecule has 0 aliphatic carbocycles. The molecule has 0 radical (unpaired) electrons. The fraction of sp³-hybridized carbons (Fsp3) is 0.417. The Balaban J connectivity index is -0.000000384. The topological polar surface area (TPSA) is 0 Å². The van der Waals surface area contributed by atoms with Gasteiger partial charge in [-0.3, -0.25) is 0 Å². The summed E-state index contributed by atoms with van der Waals surface area (Å²) in [6.07, 6.45) is 0. The first-order chi connectivity index (χ1) is 11.9. The first-order valence-electron chi connectivity index (χ1n) is 9.81. The Morgan fingerprint density at radius 2 is 0.500 bits per heavy atom. The van der Waals surface area contributed by atoms with E-state index in [2.05, 4.69) is 60.7 Å². The highest BCUT2D eigenvalue weighted by molar-refractivity contribution is 5.98. The van der Waals surface area contributed by atoms with Crippen LogP contribution in [0.2, 0.25) is 0 Å². The molecule has 0 saturated heterocycles. The van der Waals surface area contributed by atoms with Gasteiger partial charge in [-0.2, -0.15) is 0 Å². The van der Waals surface area contributed by atoms with Gasteiger partial charge in [0.25, 0.3) is 0 Å². The molecule has 0 saturated carbocycles. The highest BCUT2D eigenvalue weighted by atomic mass is 14.0. The lowest BCUT2D eigenvalue weighted by Gasteiger charge is -2.00. The third kappa shape index (κ3) is 9.35. The lowest BCUT2D eigenvalue weighted by Crippen LogP contribution is -1.74. The number of hydrogen-bond donors (Lipinski definition) is 0. The molecule has 24 heavy (non-hydrogen) atoms. The van der Waals surface area contributed by atoms with Crippen LogP contribution in [0.15, 0.2) is 60.7 Å². The van der Waals surface area contributed by atoms with Crippen molar-refractivity contribution in [1.29, 1.82) is 0 Å². The normalized spacial score (nSPS) is 7.58. The van der Waals surface area contributed by atoms with Crippen molar-refractivity contribution >= 4 is 21.5 Å². The standard InChI is InChI=1S/C14H10.5C2H6/c1-2-6-12-10-14-8-4-3-7-13(14)9-11(12)5-1;5*1-2/h1-10H;5*1-2H3. The zero-order valence-electron chi connectivity index (χ0n) is 17.8. The average molecular weight is 329 g/mol. The summed E-state index contributed by atoms with van der Waals surface area (Å²) in [6.45, 7) is 20.0. The largest absolute Gasteiger partial charge is 0.0683 e. The third-order valence-electron chi connectivity index (χ3n) is 2.61.